The summed E-state index contributed by atoms with van der Waals surface area (Å²) in [5.41, 5.74) is 0. The smallest absolute Gasteiger partial charge is 0.303 e. The summed E-state index contributed by atoms with van der Waals surface area (Å²) in [5.74, 6) is -1.06. The lowest BCUT2D eigenvalue weighted by Gasteiger charge is -2.09. The van der Waals surface area contributed by atoms with Gasteiger partial charge in [0.05, 0.1) is 39.6 Å². The second kappa shape index (κ2) is 30.7. The minimum absolute atomic E-state index is 0.0137. The van der Waals surface area contributed by atoms with Crippen molar-refractivity contribution >= 4 is 23.7 Å². The van der Waals surface area contributed by atoms with Crippen LogP contribution in [-0.4, -0.2) is 101 Å². The van der Waals surface area contributed by atoms with Crippen LogP contribution in [0.1, 0.15) is 90.4 Å². The Hall–Kier alpha value is -2.28. The third-order valence-electron chi connectivity index (χ3n) is 5.96. The molecule has 12 nitrogen and oxygen atoms in total. The highest BCUT2D eigenvalue weighted by Gasteiger charge is 2.03. The molecule has 0 saturated carbocycles. The van der Waals surface area contributed by atoms with Gasteiger partial charge in [-0.3, -0.25) is 19.2 Å². The fraction of sp³-hybridized carbons (Fsp3) is 0.862. The monoisotopic (exact) mass is 589 g/mol. The van der Waals surface area contributed by atoms with Gasteiger partial charge in [-0.25, -0.2) is 0 Å². The van der Waals surface area contributed by atoms with E-state index in [4.69, 9.17) is 24.1 Å². The SMILES string of the molecule is CCCNC(=O)COCCOCCNC(=O)COCCOCCNC(=O)CCCCCCCCCCCCC(=O)O. The van der Waals surface area contributed by atoms with E-state index in [1.54, 1.807) is 0 Å². The molecule has 0 aliphatic rings. The van der Waals surface area contributed by atoms with Crippen molar-refractivity contribution < 1.29 is 43.2 Å². The number of ether oxygens (including phenoxy) is 4. The van der Waals surface area contributed by atoms with Crippen molar-refractivity contribution in [1.29, 1.82) is 0 Å². The van der Waals surface area contributed by atoms with Crippen molar-refractivity contribution in [2.75, 3.05) is 72.5 Å². The predicted molar refractivity (Wildman–Crippen MR) is 156 cm³/mol. The minimum atomic E-state index is -0.709. The van der Waals surface area contributed by atoms with Crippen LogP contribution in [0.5, 0.6) is 0 Å². The fourth-order valence-corrected chi connectivity index (χ4v) is 3.73. The van der Waals surface area contributed by atoms with Crippen molar-refractivity contribution in [1.82, 2.24) is 16.0 Å². The largest absolute Gasteiger partial charge is 0.481 e. The number of aliphatic carboxylic acids is 1. The quantitative estimate of drug-likeness (QED) is 0.0891. The number of carboxylic acid groups (broad SMARTS) is 1. The Labute approximate surface area is 246 Å². The minimum Gasteiger partial charge on any atom is -0.481 e. The third-order valence-corrected chi connectivity index (χ3v) is 5.96. The summed E-state index contributed by atoms with van der Waals surface area (Å²) in [6, 6.07) is 0. The molecule has 0 rings (SSSR count). The number of amides is 3. The summed E-state index contributed by atoms with van der Waals surface area (Å²) in [6.07, 6.45) is 12.4. The van der Waals surface area contributed by atoms with Crippen LogP contribution in [0.4, 0.5) is 0 Å². The molecule has 0 atom stereocenters. The van der Waals surface area contributed by atoms with E-state index in [2.05, 4.69) is 16.0 Å². The van der Waals surface area contributed by atoms with E-state index in [-0.39, 0.29) is 44.0 Å². The van der Waals surface area contributed by atoms with Gasteiger partial charge in [0.15, 0.2) is 0 Å². The van der Waals surface area contributed by atoms with Crippen LogP contribution >= 0.6 is 0 Å². The second-order valence-electron chi connectivity index (χ2n) is 9.81. The molecule has 0 unspecified atom stereocenters. The highest BCUT2D eigenvalue weighted by Crippen LogP contribution is 2.12. The first-order valence-corrected chi connectivity index (χ1v) is 15.3. The Morgan fingerprint density at radius 1 is 0.488 bits per heavy atom. The maximum absolute atomic E-state index is 11.9. The molecule has 240 valence electrons. The zero-order chi connectivity index (χ0) is 30.2. The number of hydrogen-bond donors (Lipinski definition) is 4. The summed E-state index contributed by atoms with van der Waals surface area (Å²) < 4.78 is 21.2. The number of unbranched alkanes of at least 4 members (excludes halogenated alkanes) is 9. The predicted octanol–water partition coefficient (Wildman–Crippen LogP) is 2.58. The molecule has 0 saturated heterocycles. The molecular weight excluding hydrogens is 534 g/mol. The number of carboxylic acids is 1. The topological polar surface area (TPSA) is 162 Å². The van der Waals surface area contributed by atoms with Crippen LogP contribution in [0.2, 0.25) is 0 Å². The average Bonchev–Trinajstić information content (AvgIpc) is 2.95. The lowest BCUT2D eigenvalue weighted by atomic mass is 10.1. The molecule has 4 N–H and O–H groups in total. The lowest BCUT2D eigenvalue weighted by Crippen LogP contribution is -2.31. The van der Waals surface area contributed by atoms with Crippen LogP contribution in [0, 0.1) is 0 Å². The summed E-state index contributed by atoms with van der Waals surface area (Å²) >= 11 is 0. The van der Waals surface area contributed by atoms with Crippen molar-refractivity contribution in [3.05, 3.63) is 0 Å². The molecule has 3 amide bonds. The fourth-order valence-electron chi connectivity index (χ4n) is 3.73. The van der Waals surface area contributed by atoms with Crippen molar-refractivity contribution in [2.24, 2.45) is 0 Å². The van der Waals surface area contributed by atoms with E-state index in [9.17, 15) is 19.2 Å². The molecular formula is C29H55N3O9. The molecule has 0 fully saturated rings. The molecule has 0 spiro atoms. The first-order valence-electron chi connectivity index (χ1n) is 15.3. The maximum atomic E-state index is 11.9. The Bertz CT molecular complexity index is 665. The van der Waals surface area contributed by atoms with Gasteiger partial charge in [-0.05, 0) is 19.3 Å². The van der Waals surface area contributed by atoms with Crippen LogP contribution in [0.3, 0.4) is 0 Å². The standard InChI is InChI=1S/C29H55N3O9/c1-2-15-30-27(34)24-40-22-21-39-19-17-32-28(35)25-41-23-20-38-18-16-31-26(33)13-11-9-7-5-3-4-6-8-10-12-14-29(36)37/h2-25H2,1H3,(H,30,34)(H,31,33)(H,32,35)(H,36,37). The molecule has 0 heterocycles. The molecule has 0 aromatic heterocycles. The molecule has 0 radical (unpaired) electrons. The number of carbonyl (C=O) groups excluding carboxylic acids is 3. The maximum Gasteiger partial charge on any atom is 0.303 e. The van der Waals surface area contributed by atoms with Crippen molar-refractivity contribution in [3.8, 4) is 0 Å². The first kappa shape index (κ1) is 38.7. The van der Waals surface area contributed by atoms with Gasteiger partial charge in [0.25, 0.3) is 0 Å². The highest BCUT2D eigenvalue weighted by atomic mass is 16.5. The molecule has 0 bridgehead atoms. The Balaban J connectivity index is 3.30. The van der Waals surface area contributed by atoms with E-state index in [1.807, 2.05) is 6.92 Å². The average molecular weight is 590 g/mol. The summed E-state index contributed by atoms with van der Waals surface area (Å²) in [7, 11) is 0. The van der Waals surface area contributed by atoms with E-state index in [0.717, 1.165) is 44.9 Å². The zero-order valence-electron chi connectivity index (χ0n) is 25.2. The molecule has 0 aliphatic heterocycles. The van der Waals surface area contributed by atoms with E-state index in [1.165, 1.54) is 25.7 Å². The number of carbonyl (C=O) groups is 4. The van der Waals surface area contributed by atoms with E-state index < -0.39 is 5.97 Å². The van der Waals surface area contributed by atoms with Crippen molar-refractivity contribution in [2.45, 2.75) is 90.4 Å². The number of hydrogen-bond acceptors (Lipinski definition) is 8. The molecule has 0 aromatic rings. The highest BCUT2D eigenvalue weighted by molar-refractivity contribution is 5.77. The van der Waals surface area contributed by atoms with E-state index >= 15 is 0 Å². The molecule has 0 aliphatic carbocycles. The summed E-state index contributed by atoms with van der Waals surface area (Å²) in [6.45, 7) is 5.37. The van der Waals surface area contributed by atoms with Gasteiger partial charge in [0.2, 0.25) is 17.7 Å². The number of nitrogens with one attached hydrogen (secondary N) is 3. The molecule has 12 heteroatoms. The van der Waals surface area contributed by atoms with Crippen LogP contribution in [0.25, 0.3) is 0 Å². The van der Waals surface area contributed by atoms with Gasteiger partial charge >= 0.3 is 5.97 Å². The van der Waals surface area contributed by atoms with Crippen LogP contribution in [-0.2, 0) is 38.1 Å². The Kier molecular flexibility index (Phi) is 29.0. The molecule has 0 aromatic carbocycles. The zero-order valence-corrected chi connectivity index (χ0v) is 25.2. The summed E-state index contributed by atoms with van der Waals surface area (Å²) in [4.78, 5) is 45.4. The first-order chi connectivity index (χ1) is 20.0. The Morgan fingerprint density at radius 2 is 0.878 bits per heavy atom. The normalized spacial score (nSPS) is 10.9. The van der Waals surface area contributed by atoms with Crippen molar-refractivity contribution in [3.63, 3.8) is 0 Å². The lowest BCUT2D eigenvalue weighted by molar-refractivity contribution is -0.137. The second-order valence-corrected chi connectivity index (χ2v) is 9.81. The summed E-state index contributed by atoms with van der Waals surface area (Å²) in [5, 5.41) is 16.9. The van der Waals surface area contributed by atoms with E-state index in [0.29, 0.717) is 59.1 Å². The van der Waals surface area contributed by atoms with Gasteiger partial charge in [-0.1, -0.05) is 58.3 Å². The van der Waals surface area contributed by atoms with Gasteiger partial charge < -0.3 is 40.0 Å². The van der Waals surface area contributed by atoms with Crippen LogP contribution in [0.15, 0.2) is 0 Å². The number of rotatable bonds is 31. The van der Waals surface area contributed by atoms with Gasteiger partial charge in [0.1, 0.15) is 13.2 Å². The third kappa shape index (κ3) is 32.1. The van der Waals surface area contributed by atoms with Crippen LogP contribution < -0.4 is 16.0 Å². The van der Waals surface area contributed by atoms with Gasteiger partial charge in [-0.2, -0.15) is 0 Å². The Morgan fingerprint density at radius 3 is 1.34 bits per heavy atom. The van der Waals surface area contributed by atoms with Gasteiger partial charge in [0, 0.05) is 32.5 Å². The van der Waals surface area contributed by atoms with Gasteiger partial charge in [-0.15, -0.1) is 0 Å². The molecule has 41 heavy (non-hydrogen) atoms.